The fourth-order valence-corrected chi connectivity index (χ4v) is 6.18. The fraction of sp³-hybridized carbons (Fsp3) is 0.900. The lowest BCUT2D eigenvalue weighted by molar-refractivity contribution is -0.127. The Balaban J connectivity index is 2.45. The van der Waals surface area contributed by atoms with E-state index in [-0.39, 0.29) is 5.41 Å². The number of hydrogen-bond acceptors (Lipinski definition) is 1. The van der Waals surface area contributed by atoms with Gasteiger partial charge in [-0.3, -0.25) is 4.79 Å². The lowest BCUT2D eigenvalue weighted by atomic mass is 9.70. The molecule has 2 fully saturated rings. The molecule has 2 saturated carbocycles. The Hall–Kier alpha value is 1.13. The van der Waals surface area contributed by atoms with Crippen LogP contribution in [-0.2, 0) is 4.79 Å². The second-order valence-electron chi connectivity index (χ2n) is 4.63. The third-order valence-electron chi connectivity index (χ3n) is 4.39. The molecule has 3 unspecified atom stereocenters. The number of carbonyl (C=O) groups excluding carboxylic acids is 1. The highest BCUT2D eigenvalue weighted by molar-refractivity contribution is 14.1. The maximum atomic E-state index is 12.0. The Morgan fingerprint density at radius 3 is 2.54 bits per heavy atom. The highest BCUT2D eigenvalue weighted by Gasteiger charge is 2.65. The van der Waals surface area contributed by atoms with Crippen molar-refractivity contribution in [2.45, 2.75) is 26.2 Å². The van der Waals surface area contributed by atoms with Crippen LogP contribution < -0.4 is 0 Å². The Kier molecular flexibility index (Phi) is 2.72. The van der Waals surface area contributed by atoms with E-state index in [9.17, 15) is 4.79 Å². The molecule has 2 aliphatic rings. The van der Waals surface area contributed by atoms with Gasteiger partial charge < -0.3 is 0 Å². The number of ketones is 1. The first-order valence-electron chi connectivity index (χ1n) is 4.76. The maximum absolute atomic E-state index is 12.0. The quantitative estimate of drug-likeness (QED) is 0.511. The average Bonchev–Trinajstić information content (AvgIpc) is 2.53. The van der Waals surface area contributed by atoms with E-state index in [0.29, 0.717) is 17.1 Å². The summed E-state index contributed by atoms with van der Waals surface area (Å²) in [6, 6.07) is 0. The molecular weight excluding hydrogens is 390 g/mol. The highest BCUT2D eigenvalue weighted by Crippen LogP contribution is 2.65. The van der Waals surface area contributed by atoms with Crippen molar-refractivity contribution in [3.8, 4) is 0 Å². The Morgan fingerprint density at radius 2 is 2.15 bits per heavy atom. The molecule has 0 aromatic carbocycles. The van der Waals surface area contributed by atoms with Crippen molar-refractivity contribution >= 4 is 51.0 Å². The molecule has 0 radical (unpaired) electrons. The number of hydrogen-bond donors (Lipinski definition) is 0. The molecule has 0 N–H and O–H groups in total. The van der Waals surface area contributed by atoms with E-state index < -0.39 is 0 Å². The smallest absolute Gasteiger partial charge is 0.140 e. The van der Waals surface area contributed by atoms with Crippen molar-refractivity contribution in [1.82, 2.24) is 0 Å². The van der Waals surface area contributed by atoms with Crippen molar-refractivity contribution in [2.75, 3.05) is 8.86 Å². The summed E-state index contributed by atoms with van der Waals surface area (Å²) >= 11 is 4.87. The van der Waals surface area contributed by atoms with Gasteiger partial charge in [-0.25, -0.2) is 0 Å². The fourth-order valence-electron chi connectivity index (χ4n) is 3.15. The second kappa shape index (κ2) is 3.32. The zero-order valence-corrected chi connectivity index (χ0v) is 12.1. The molecule has 13 heavy (non-hydrogen) atoms. The summed E-state index contributed by atoms with van der Waals surface area (Å²) < 4.78 is 2.17. The molecule has 0 aliphatic heterocycles. The summed E-state index contributed by atoms with van der Waals surface area (Å²) in [5.74, 6) is 1.24. The van der Waals surface area contributed by atoms with Gasteiger partial charge in [-0.1, -0.05) is 52.1 Å². The molecule has 1 nitrogen and oxygen atoms in total. The first-order valence-corrected chi connectivity index (χ1v) is 7.81. The molecule has 0 amide bonds. The summed E-state index contributed by atoms with van der Waals surface area (Å²) in [4.78, 5) is 12.0. The van der Waals surface area contributed by atoms with Crippen molar-refractivity contribution < 1.29 is 4.79 Å². The number of Topliss-reactive ketones (excluding diaryl/α,β-unsaturated/α-hetero) is 1. The lowest BCUT2D eigenvalue weighted by Crippen LogP contribution is -2.40. The van der Waals surface area contributed by atoms with Gasteiger partial charge >= 0.3 is 0 Å². The van der Waals surface area contributed by atoms with Crippen LogP contribution in [0.4, 0.5) is 0 Å². The van der Waals surface area contributed by atoms with Crippen LogP contribution in [0.5, 0.6) is 0 Å². The summed E-state index contributed by atoms with van der Waals surface area (Å²) in [5, 5.41) is 0. The summed E-state index contributed by atoms with van der Waals surface area (Å²) in [6.45, 7) is 2.33. The van der Waals surface area contributed by atoms with Crippen LogP contribution in [0.25, 0.3) is 0 Å². The van der Waals surface area contributed by atoms with E-state index in [4.69, 9.17) is 0 Å². The van der Waals surface area contributed by atoms with Crippen molar-refractivity contribution in [3.63, 3.8) is 0 Å². The van der Waals surface area contributed by atoms with Gasteiger partial charge in [-0.15, -0.1) is 0 Å². The van der Waals surface area contributed by atoms with Crippen LogP contribution in [0.15, 0.2) is 0 Å². The molecule has 74 valence electrons. The predicted molar refractivity (Wildman–Crippen MR) is 70.7 cm³/mol. The van der Waals surface area contributed by atoms with Gasteiger partial charge in [0, 0.05) is 20.7 Å². The number of halogens is 2. The van der Waals surface area contributed by atoms with Crippen molar-refractivity contribution in [3.05, 3.63) is 0 Å². The monoisotopic (exact) mass is 404 g/mol. The van der Waals surface area contributed by atoms with E-state index >= 15 is 0 Å². The Labute approximate surface area is 107 Å². The van der Waals surface area contributed by atoms with Gasteiger partial charge in [0.2, 0.25) is 0 Å². The van der Waals surface area contributed by atoms with E-state index in [1.54, 1.807) is 0 Å². The van der Waals surface area contributed by atoms with Crippen LogP contribution in [0.2, 0.25) is 0 Å². The zero-order chi connectivity index (χ0) is 9.69. The molecule has 0 heterocycles. The normalized spacial score (nSPS) is 48.8. The first kappa shape index (κ1) is 10.6. The van der Waals surface area contributed by atoms with Gasteiger partial charge in [0.05, 0.1) is 0 Å². The molecular formula is C10H14I2O. The predicted octanol–water partition coefficient (Wildman–Crippen LogP) is 3.23. The van der Waals surface area contributed by atoms with Gasteiger partial charge in [-0.2, -0.15) is 0 Å². The van der Waals surface area contributed by atoms with Crippen molar-refractivity contribution in [2.24, 2.45) is 16.7 Å². The van der Waals surface area contributed by atoms with Gasteiger partial charge in [0.1, 0.15) is 5.78 Å². The average molecular weight is 404 g/mol. The lowest BCUT2D eigenvalue weighted by Gasteiger charge is -2.36. The summed E-state index contributed by atoms with van der Waals surface area (Å²) in [6.07, 6.45) is 3.30. The van der Waals surface area contributed by atoms with E-state index in [1.165, 1.54) is 6.42 Å². The molecule has 0 spiro atoms. The van der Waals surface area contributed by atoms with Crippen LogP contribution >= 0.6 is 45.2 Å². The van der Waals surface area contributed by atoms with Crippen molar-refractivity contribution in [1.29, 1.82) is 0 Å². The van der Waals surface area contributed by atoms with Gasteiger partial charge in [-0.05, 0) is 24.2 Å². The van der Waals surface area contributed by atoms with E-state index in [2.05, 4.69) is 52.1 Å². The molecule has 0 aromatic heterocycles. The van der Waals surface area contributed by atoms with E-state index in [1.807, 2.05) is 0 Å². The third-order valence-corrected chi connectivity index (χ3v) is 7.27. The van der Waals surface area contributed by atoms with E-state index in [0.717, 1.165) is 21.7 Å². The Bertz CT molecular complexity index is 253. The standard InChI is InChI=1S/C10H14I2O/c1-9(5-11)7-2-3-10(9,6-12)8(13)4-7/h7H,2-6H2,1H3. The first-order chi connectivity index (χ1) is 6.10. The summed E-state index contributed by atoms with van der Waals surface area (Å²) in [5.41, 5.74) is 0.366. The second-order valence-corrected chi connectivity index (χ2v) is 6.16. The molecule has 0 saturated heterocycles. The molecule has 3 heteroatoms. The maximum Gasteiger partial charge on any atom is 0.140 e. The largest absolute Gasteiger partial charge is 0.299 e. The highest BCUT2D eigenvalue weighted by atomic mass is 127. The molecule has 0 aromatic rings. The van der Waals surface area contributed by atoms with Crippen LogP contribution in [0.3, 0.4) is 0 Å². The topological polar surface area (TPSA) is 17.1 Å². The third kappa shape index (κ3) is 1.12. The number of alkyl halides is 2. The van der Waals surface area contributed by atoms with Gasteiger partial charge in [0.25, 0.3) is 0 Å². The molecule has 3 atom stereocenters. The molecule has 2 aliphatic carbocycles. The SMILES string of the molecule is CC1(CI)C2CCC1(CI)C(=O)C2. The Morgan fingerprint density at radius 1 is 1.46 bits per heavy atom. The molecule has 2 rings (SSSR count). The van der Waals surface area contributed by atoms with Crippen LogP contribution in [-0.4, -0.2) is 14.6 Å². The minimum Gasteiger partial charge on any atom is -0.299 e. The number of rotatable bonds is 2. The number of carbonyl (C=O) groups is 1. The van der Waals surface area contributed by atoms with Crippen LogP contribution in [0.1, 0.15) is 26.2 Å². The van der Waals surface area contributed by atoms with Crippen LogP contribution in [0, 0.1) is 16.7 Å². The summed E-state index contributed by atoms with van der Waals surface area (Å²) in [7, 11) is 0. The van der Waals surface area contributed by atoms with Gasteiger partial charge in [0.15, 0.2) is 0 Å². The minimum atomic E-state index is 0.0550. The molecule has 2 bridgehead atoms. The number of fused-ring (bicyclic) bond motifs is 2. The zero-order valence-electron chi connectivity index (χ0n) is 7.78. The minimum absolute atomic E-state index is 0.0550.